The molecule has 1 aromatic carbocycles. The van der Waals surface area contributed by atoms with Crippen LogP contribution in [0.15, 0.2) is 71.8 Å². The van der Waals surface area contributed by atoms with E-state index >= 15 is 0 Å². The highest BCUT2D eigenvalue weighted by atomic mass is 16.6. The Balaban J connectivity index is 1.21. The van der Waals surface area contributed by atoms with Gasteiger partial charge in [-0.05, 0) is 24.3 Å². The third kappa shape index (κ3) is 3.72. The summed E-state index contributed by atoms with van der Waals surface area (Å²) in [5.74, 6) is 1.53. The van der Waals surface area contributed by atoms with Crippen LogP contribution in [0.1, 0.15) is 10.5 Å². The predicted molar refractivity (Wildman–Crippen MR) is 106 cm³/mol. The topological polar surface area (TPSA) is 104 Å². The molecule has 1 atom stereocenters. The molecule has 3 aromatic heterocycles. The Morgan fingerprint density at radius 1 is 1.17 bits per heavy atom. The highest BCUT2D eigenvalue weighted by molar-refractivity contribution is 6.03. The Hall–Kier alpha value is -4.14. The summed E-state index contributed by atoms with van der Waals surface area (Å²) in [6.07, 6.45) is 6.42. The zero-order valence-electron chi connectivity index (χ0n) is 15.8. The van der Waals surface area contributed by atoms with Gasteiger partial charge in [-0.1, -0.05) is 17.3 Å². The molecule has 9 nitrogen and oxygen atoms in total. The molecule has 0 bridgehead atoms. The molecule has 1 N–H and O–H groups in total. The summed E-state index contributed by atoms with van der Waals surface area (Å²) in [7, 11) is 0. The Morgan fingerprint density at radius 3 is 2.93 bits per heavy atom. The van der Waals surface area contributed by atoms with Crippen LogP contribution in [0.25, 0.3) is 11.3 Å². The summed E-state index contributed by atoms with van der Waals surface area (Å²) >= 11 is 0. The third-order valence-corrected chi connectivity index (χ3v) is 4.54. The first kappa shape index (κ1) is 17.9. The fourth-order valence-electron chi connectivity index (χ4n) is 3.11. The lowest BCUT2D eigenvalue weighted by atomic mass is 10.2. The Kier molecular flexibility index (Phi) is 4.60. The molecular formula is C21H17N5O4. The minimum atomic E-state index is -0.389. The molecule has 4 heterocycles. The summed E-state index contributed by atoms with van der Waals surface area (Å²) in [5.41, 5.74) is 1.46. The maximum Gasteiger partial charge on any atom is 0.277 e. The van der Waals surface area contributed by atoms with E-state index in [-0.39, 0.29) is 17.7 Å². The van der Waals surface area contributed by atoms with Crippen LogP contribution in [0.4, 0.5) is 5.69 Å². The van der Waals surface area contributed by atoms with E-state index in [0.717, 1.165) is 11.3 Å². The Bertz CT molecular complexity index is 1170. The maximum atomic E-state index is 12.5. The van der Waals surface area contributed by atoms with Crippen molar-refractivity contribution in [3.8, 4) is 22.8 Å². The number of carbonyl (C=O) groups excluding carboxylic acids is 1. The number of carbonyl (C=O) groups is 1. The molecule has 0 saturated heterocycles. The van der Waals surface area contributed by atoms with E-state index in [9.17, 15) is 4.79 Å². The number of anilines is 1. The summed E-state index contributed by atoms with van der Waals surface area (Å²) in [5, 5.41) is 10.9. The van der Waals surface area contributed by atoms with Crippen molar-refractivity contribution in [1.82, 2.24) is 19.9 Å². The fraction of sp³-hybridized carbons (Fsp3) is 0.143. The van der Waals surface area contributed by atoms with E-state index in [4.69, 9.17) is 14.0 Å². The zero-order valence-corrected chi connectivity index (χ0v) is 15.8. The SMILES string of the molecule is O=C(Nc1cnn(C[C@@H]2COc3ccccc3O2)c1)c1cc(-c2cccnc2)on1. The lowest BCUT2D eigenvalue weighted by Gasteiger charge is -2.26. The molecule has 0 aliphatic carbocycles. The molecular weight excluding hydrogens is 386 g/mol. The first-order chi connectivity index (χ1) is 14.7. The van der Waals surface area contributed by atoms with Crippen molar-refractivity contribution >= 4 is 11.6 Å². The molecule has 9 heteroatoms. The normalized spacial score (nSPS) is 15.0. The highest BCUT2D eigenvalue weighted by Crippen LogP contribution is 2.31. The minimum Gasteiger partial charge on any atom is -0.486 e. The molecule has 0 spiro atoms. The molecule has 4 aromatic rings. The molecule has 0 fully saturated rings. The van der Waals surface area contributed by atoms with E-state index in [1.807, 2.05) is 30.3 Å². The predicted octanol–water partition coefficient (Wildman–Crippen LogP) is 3.03. The van der Waals surface area contributed by atoms with E-state index in [1.54, 1.807) is 41.6 Å². The molecule has 0 unspecified atom stereocenters. The average Bonchev–Trinajstić information content (AvgIpc) is 3.44. The summed E-state index contributed by atoms with van der Waals surface area (Å²) < 4.78 is 18.6. The van der Waals surface area contributed by atoms with Gasteiger partial charge in [-0.2, -0.15) is 5.10 Å². The van der Waals surface area contributed by atoms with Crippen molar-refractivity contribution in [2.24, 2.45) is 0 Å². The van der Waals surface area contributed by atoms with E-state index in [2.05, 4.69) is 20.6 Å². The van der Waals surface area contributed by atoms with Gasteiger partial charge in [-0.3, -0.25) is 14.5 Å². The molecule has 1 aliphatic rings. The molecule has 0 radical (unpaired) electrons. The van der Waals surface area contributed by atoms with E-state index < -0.39 is 0 Å². The van der Waals surface area contributed by atoms with Gasteiger partial charge in [0, 0.05) is 30.2 Å². The number of benzene rings is 1. The third-order valence-electron chi connectivity index (χ3n) is 4.54. The lowest BCUT2D eigenvalue weighted by Crippen LogP contribution is -2.33. The van der Waals surface area contributed by atoms with Gasteiger partial charge in [0.05, 0.1) is 18.4 Å². The number of ether oxygens (including phenoxy) is 2. The first-order valence-corrected chi connectivity index (χ1v) is 9.34. The van der Waals surface area contributed by atoms with Gasteiger partial charge in [0.15, 0.2) is 29.1 Å². The summed E-state index contributed by atoms with van der Waals surface area (Å²) in [6.45, 7) is 0.911. The highest BCUT2D eigenvalue weighted by Gasteiger charge is 2.21. The van der Waals surface area contributed by atoms with Gasteiger partial charge in [-0.25, -0.2) is 0 Å². The molecule has 5 rings (SSSR count). The maximum absolute atomic E-state index is 12.5. The van der Waals surface area contributed by atoms with Crippen molar-refractivity contribution in [3.63, 3.8) is 0 Å². The van der Waals surface area contributed by atoms with Crippen LogP contribution >= 0.6 is 0 Å². The van der Waals surface area contributed by atoms with Gasteiger partial charge in [0.25, 0.3) is 5.91 Å². The quantitative estimate of drug-likeness (QED) is 0.546. The van der Waals surface area contributed by atoms with Crippen LogP contribution in [-0.4, -0.2) is 38.5 Å². The number of hydrogen-bond acceptors (Lipinski definition) is 7. The molecule has 30 heavy (non-hydrogen) atoms. The van der Waals surface area contributed by atoms with Crippen LogP contribution in [0, 0.1) is 0 Å². The van der Waals surface area contributed by atoms with Crippen LogP contribution in [0.3, 0.4) is 0 Å². The number of para-hydroxylation sites is 2. The van der Waals surface area contributed by atoms with Crippen LogP contribution < -0.4 is 14.8 Å². The number of fused-ring (bicyclic) bond motifs is 1. The number of aromatic nitrogens is 4. The second-order valence-electron chi connectivity index (χ2n) is 6.72. The molecule has 150 valence electrons. The first-order valence-electron chi connectivity index (χ1n) is 9.34. The largest absolute Gasteiger partial charge is 0.486 e. The average molecular weight is 403 g/mol. The van der Waals surface area contributed by atoms with Crippen LogP contribution in [0.2, 0.25) is 0 Å². The number of nitrogens with one attached hydrogen (secondary N) is 1. The summed E-state index contributed by atoms with van der Waals surface area (Å²) in [6, 6.07) is 12.7. The molecule has 1 amide bonds. The summed E-state index contributed by atoms with van der Waals surface area (Å²) in [4.78, 5) is 16.5. The van der Waals surface area contributed by atoms with Gasteiger partial charge < -0.3 is 19.3 Å². The van der Waals surface area contributed by atoms with E-state index in [1.165, 1.54) is 0 Å². The van der Waals surface area contributed by atoms with Crippen molar-refractivity contribution in [2.45, 2.75) is 12.6 Å². The smallest absolute Gasteiger partial charge is 0.277 e. The van der Waals surface area contributed by atoms with Crippen LogP contribution in [-0.2, 0) is 6.54 Å². The van der Waals surface area contributed by atoms with Crippen molar-refractivity contribution in [2.75, 3.05) is 11.9 Å². The molecule has 1 aliphatic heterocycles. The number of rotatable bonds is 5. The van der Waals surface area contributed by atoms with Gasteiger partial charge in [0.1, 0.15) is 6.61 Å². The van der Waals surface area contributed by atoms with E-state index in [0.29, 0.717) is 30.3 Å². The number of amides is 1. The standard InChI is InChI=1S/C21H17N5O4/c27-21(17-8-20(30-25-17)14-4-3-7-22-9-14)24-15-10-23-26(11-15)12-16-13-28-18-5-1-2-6-19(18)29-16/h1-11,16H,12-13H2,(H,24,27)/t16-/m1/s1. The number of pyridine rings is 1. The van der Waals surface area contributed by atoms with Crippen molar-refractivity contribution < 1.29 is 18.8 Å². The van der Waals surface area contributed by atoms with Crippen LogP contribution in [0.5, 0.6) is 11.5 Å². The fourth-order valence-corrected chi connectivity index (χ4v) is 3.11. The van der Waals surface area contributed by atoms with Gasteiger partial charge in [0.2, 0.25) is 0 Å². The van der Waals surface area contributed by atoms with Gasteiger partial charge in [-0.15, -0.1) is 0 Å². The second kappa shape index (κ2) is 7.70. The number of nitrogens with zero attached hydrogens (tertiary/aromatic N) is 4. The Labute approximate surface area is 171 Å². The Morgan fingerprint density at radius 2 is 2.07 bits per heavy atom. The van der Waals surface area contributed by atoms with Crippen molar-refractivity contribution in [1.29, 1.82) is 0 Å². The van der Waals surface area contributed by atoms with Gasteiger partial charge >= 0.3 is 0 Å². The second-order valence-corrected chi connectivity index (χ2v) is 6.72. The lowest BCUT2D eigenvalue weighted by molar-refractivity contribution is 0.0759. The monoisotopic (exact) mass is 403 g/mol. The zero-order chi connectivity index (χ0) is 20.3. The number of hydrogen-bond donors (Lipinski definition) is 1. The van der Waals surface area contributed by atoms with Crippen molar-refractivity contribution in [3.05, 3.63) is 72.9 Å². The molecule has 0 saturated carbocycles. The minimum absolute atomic E-state index is 0.169.